The van der Waals surface area contributed by atoms with Crippen LogP contribution in [-0.2, 0) is 28.7 Å². The van der Waals surface area contributed by atoms with Crippen LogP contribution in [0.5, 0.6) is 0 Å². The molecule has 15 heavy (non-hydrogen) atoms. The van der Waals surface area contributed by atoms with Crippen molar-refractivity contribution in [3.63, 3.8) is 0 Å². The molecule has 1 saturated carbocycles. The van der Waals surface area contributed by atoms with Crippen molar-refractivity contribution in [2.75, 3.05) is 0 Å². The van der Waals surface area contributed by atoms with Gasteiger partial charge < -0.3 is 9.47 Å². The van der Waals surface area contributed by atoms with Crippen LogP contribution in [0.15, 0.2) is 0 Å². The molecule has 6 heteroatoms. The maximum absolute atomic E-state index is 11.3. The fraction of sp³-hybridized carbons (Fsp3) is 0.556. The Balaban J connectivity index is 2.03. The minimum atomic E-state index is -0.804. The van der Waals surface area contributed by atoms with Crippen LogP contribution in [0.1, 0.15) is 6.42 Å². The van der Waals surface area contributed by atoms with Crippen LogP contribution in [0.4, 0.5) is 0 Å². The molecule has 0 spiro atoms. The molecule has 3 fully saturated rings. The molecular formula is C9H6O6. The summed E-state index contributed by atoms with van der Waals surface area (Å²) in [5.41, 5.74) is 0. The van der Waals surface area contributed by atoms with Gasteiger partial charge in [0.05, 0.1) is 23.7 Å². The summed E-state index contributed by atoms with van der Waals surface area (Å²) in [7, 11) is 0. The number of esters is 4. The van der Waals surface area contributed by atoms with E-state index in [1.165, 1.54) is 0 Å². The molecule has 6 nitrogen and oxygen atoms in total. The monoisotopic (exact) mass is 210 g/mol. The largest absolute Gasteiger partial charge is 0.393 e. The highest BCUT2D eigenvalue weighted by molar-refractivity contribution is 6.05. The second-order valence-corrected chi connectivity index (χ2v) is 3.98. The number of rotatable bonds is 0. The third-order valence-electron chi connectivity index (χ3n) is 3.31. The van der Waals surface area contributed by atoms with Gasteiger partial charge in [-0.05, 0) is 6.42 Å². The molecule has 2 heterocycles. The SMILES string of the molecule is O=C1OC(=O)C2C1C[C@H]1C(=O)OC(=O)C21. The van der Waals surface area contributed by atoms with E-state index >= 15 is 0 Å². The Morgan fingerprint density at radius 3 is 1.53 bits per heavy atom. The van der Waals surface area contributed by atoms with Gasteiger partial charge in [-0.15, -0.1) is 0 Å². The molecule has 2 saturated heterocycles. The van der Waals surface area contributed by atoms with Gasteiger partial charge >= 0.3 is 23.9 Å². The fourth-order valence-electron chi connectivity index (χ4n) is 2.66. The molecule has 0 aromatic carbocycles. The summed E-state index contributed by atoms with van der Waals surface area (Å²) in [6, 6.07) is 0. The summed E-state index contributed by atoms with van der Waals surface area (Å²) in [6.07, 6.45) is 0.185. The van der Waals surface area contributed by atoms with Crippen molar-refractivity contribution < 1.29 is 28.7 Å². The number of fused-ring (bicyclic) bond motifs is 3. The molecule has 78 valence electrons. The van der Waals surface area contributed by atoms with Gasteiger partial charge in [-0.1, -0.05) is 0 Å². The molecule has 0 aromatic rings. The highest BCUT2D eigenvalue weighted by Gasteiger charge is 2.64. The van der Waals surface area contributed by atoms with E-state index in [1.807, 2.05) is 0 Å². The molecule has 0 aromatic heterocycles. The van der Waals surface area contributed by atoms with Crippen molar-refractivity contribution in [1.82, 2.24) is 0 Å². The lowest BCUT2D eigenvalue weighted by Crippen LogP contribution is -2.24. The van der Waals surface area contributed by atoms with Crippen LogP contribution in [0.3, 0.4) is 0 Å². The lowest BCUT2D eigenvalue weighted by Gasteiger charge is -2.06. The molecular weight excluding hydrogens is 204 g/mol. The highest BCUT2D eigenvalue weighted by atomic mass is 16.6. The Bertz CT molecular complexity index is 373. The first-order valence-electron chi connectivity index (χ1n) is 4.60. The maximum atomic E-state index is 11.3. The molecule has 3 aliphatic rings. The standard InChI is InChI=1S/C9H6O6/c10-6-2-1-3-5(4(2)8(12)14-6)9(13)15-7(3)11/h2-5H,1H2/t2-,3?,4?,5?/m1/s1. The lowest BCUT2D eigenvalue weighted by atomic mass is 9.90. The van der Waals surface area contributed by atoms with E-state index < -0.39 is 47.5 Å². The average molecular weight is 210 g/mol. The fourth-order valence-corrected chi connectivity index (χ4v) is 2.66. The molecule has 0 radical (unpaired) electrons. The molecule has 2 aliphatic heterocycles. The molecule has 3 rings (SSSR count). The van der Waals surface area contributed by atoms with Crippen molar-refractivity contribution >= 4 is 23.9 Å². The predicted octanol–water partition coefficient (Wildman–Crippen LogP) is -0.978. The highest BCUT2D eigenvalue weighted by Crippen LogP contribution is 2.49. The number of carbonyl (C=O) groups excluding carboxylic acids is 4. The maximum Gasteiger partial charge on any atom is 0.318 e. The van der Waals surface area contributed by atoms with E-state index in [9.17, 15) is 19.2 Å². The zero-order valence-electron chi connectivity index (χ0n) is 7.47. The summed E-state index contributed by atoms with van der Waals surface area (Å²) in [5, 5.41) is 0. The number of hydrogen-bond acceptors (Lipinski definition) is 6. The van der Waals surface area contributed by atoms with Gasteiger partial charge in [-0.25, -0.2) is 0 Å². The Labute approximate surface area is 83.5 Å². The average Bonchev–Trinajstić information content (AvgIpc) is 2.72. The third kappa shape index (κ3) is 0.886. The summed E-state index contributed by atoms with van der Waals surface area (Å²) in [4.78, 5) is 45.0. The molecule has 1 aliphatic carbocycles. The molecule has 0 N–H and O–H groups in total. The van der Waals surface area contributed by atoms with Crippen molar-refractivity contribution in [3.8, 4) is 0 Å². The van der Waals surface area contributed by atoms with Crippen LogP contribution in [0, 0.1) is 23.7 Å². The van der Waals surface area contributed by atoms with Gasteiger partial charge in [0, 0.05) is 0 Å². The zero-order valence-corrected chi connectivity index (χ0v) is 7.47. The van der Waals surface area contributed by atoms with Crippen molar-refractivity contribution in [1.29, 1.82) is 0 Å². The first-order chi connectivity index (χ1) is 7.09. The summed E-state index contributed by atoms with van der Waals surface area (Å²) >= 11 is 0. The van der Waals surface area contributed by atoms with Crippen LogP contribution in [-0.4, -0.2) is 23.9 Å². The van der Waals surface area contributed by atoms with Gasteiger partial charge in [0.25, 0.3) is 0 Å². The second-order valence-electron chi connectivity index (χ2n) is 3.98. The van der Waals surface area contributed by atoms with Gasteiger partial charge in [-0.2, -0.15) is 0 Å². The van der Waals surface area contributed by atoms with Crippen LogP contribution >= 0.6 is 0 Å². The smallest absolute Gasteiger partial charge is 0.318 e. The predicted molar refractivity (Wildman–Crippen MR) is 40.8 cm³/mol. The van der Waals surface area contributed by atoms with Gasteiger partial charge in [0.15, 0.2) is 0 Å². The van der Waals surface area contributed by atoms with Gasteiger partial charge in [0.1, 0.15) is 0 Å². The number of carbonyl (C=O) groups is 4. The van der Waals surface area contributed by atoms with Crippen LogP contribution < -0.4 is 0 Å². The first-order valence-corrected chi connectivity index (χ1v) is 4.60. The Hall–Kier alpha value is -1.72. The summed E-state index contributed by atoms with van der Waals surface area (Å²) in [5.74, 6) is -5.54. The Morgan fingerprint density at radius 2 is 1.13 bits per heavy atom. The molecule has 0 bridgehead atoms. The molecule has 4 atom stereocenters. The van der Waals surface area contributed by atoms with E-state index in [0.717, 1.165) is 0 Å². The van der Waals surface area contributed by atoms with E-state index in [-0.39, 0.29) is 6.42 Å². The van der Waals surface area contributed by atoms with Gasteiger partial charge in [-0.3, -0.25) is 19.2 Å². The summed E-state index contributed by atoms with van der Waals surface area (Å²) < 4.78 is 8.85. The minimum Gasteiger partial charge on any atom is -0.393 e. The normalized spacial score (nSPS) is 42.7. The number of ether oxygens (including phenoxy) is 2. The molecule has 3 unspecified atom stereocenters. The van der Waals surface area contributed by atoms with Crippen LogP contribution in [0.2, 0.25) is 0 Å². The van der Waals surface area contributed by atoms with E-state index in [0.29, 0.717) is 0 Å². The van der Waals surface area contributed by atoms with Gasteiger partial charge in [0.2, 0.25) is 0 Å². The quantitative estimate of drug-likeness (QED) is 0.377. The first kappa shape index (κ1) is 8.58. The van der Waals surface area contributed by atoms with Crippen molar-refractivity contribution in [2.45, 2.75) is 6.42 Å². The van der Waals surface area contributed by atoms with Crippen molar-refractivity contribution in [3.05, 3.63) is 0 Å². The topological polar surface area (TPSA) is 86.7 Å². The Kier molecular flexibility index (Phi) is 1.40. The van der Waals surface area contributed by atoms with E-state index in [2.05, 4.69) is 9.47 Å². The number of cyclic esters (lactones) is 4. The number of hydrogen-bond donors (Lipinski definition) is 0. The van der Waals surface area contributed by atoms with E-state index in [1.54, 1.807) is 0 Å². The molecule has 0 amide bonds. The summed E-state index contributed by atoms with van der Waals surface area (Å²) in [6.45, 7) is 0. The minimum absolute atomic E-state index is 0.185. The third-order valence-corrected chi connectivity index (χ3v) is 3.31. The van der Waals surface area contributed by atoms with Crippen LogP contribution in [0.25, 0.3) is 0 Å². The second kappa shape index (κ2) is 2.44. The van der Waals surface area contributed by atoms with Crippen molar-refractivity contribution in [2.24, 2.45) is 23.7 Å². The zero-order chi connectivity index (χ0) is 10.7. The Morgan fingerprint density at radius 1 is 0.733 bits per heavy atom. The van der Waals surface area contributed by atoms with E-state index in [4.69, 9.17) is 0 Å². The lowest BCUT2D eigenvalue weighted by molar-refractivity contribution is -0.158.